The van der Waals surface area contributed by atoms with Crippen molar-refractivity contribution in [1.82, 2.24) is 0 Å². The Hall–Kier alpha value is -0.0100. The normalized spacial score (nSPS) is 9.67. The van der Waals surface area contributed by atoms with Gasteiger partial charge >= 0.3 is 0 Å². The summed E-state index contributed by atoms with van der Waals surface area (Å²) in [5, 5.41) is -0.551. The van der Waals surface area contributed by atoms with Crippen molar-refractivity contribution in [3.63, 3.8) is 0 Å². The fraction of sp³-hybridized carbons (Fsp3) is 0. The van der Waals surface area contributed by atoms with Crippen molar-refractivity contribution >= 4 is 28.4 Å². The van der Waals surface area contributed by atoms with Gasteiger partial charge in [0, 0.05) is 11.6 Å². The number of carbonyl (C=O) groups is 1. The van der Waals surface area contributed by atoms with Gasteiger partial charge in [-0.25, -0.2) is 0 Å². The third-order valence-electron chi connectivity index (χ3n) is 0.194. The van der Waals surface area contributed by atoms with Crippen molar-refractivity contribution in [3.8, 4) is 0 Å². The van der Waals surface area contributed by atoms with Crippen molar-refractivity contribution in [2.24, 2.45) is 0 Å². The SMILES string of the molecule is O=C(Cl)/C=C/Cl. The summed E-state index contributed by atoms with van der Waals surface area (Å²) in [7, 11) is 0. The predicted octanol–water partition coefficient (Wildman–Crippen LogP) is 1.50. The van der Waals surface area contributed by atoms with E-state index in [0.717, 1.165) is 11.6 Å². The van der Waals surface area contributed by atoms with Crippen molar-refractivity contribution < 1.29 is 4.79 Å². The predicted molar refractivity (Wildman–Crippen MR) is 25.9 cm³/mol. The van der Waals surface area contributed by atoms with Crippen LogP contribution in [0.5, 0.6) is 0 Å². The number of allylic oxidation sites excluding steroid dienone is 1. The maximum absolute atomic E-state index is 9.64. The molecule has 0 saturated carbocycles. The highest BCUT2D eigenvalue weighted by Crippen LogP contribution is 1.83. The van der Waals surface area contributed by atoms with Gasteiger partial charge in [-0.1, -0.05) is 11.6 Å². The molecular weight excluding hydrogens is 123 g/mol. The van der Waals surface area contributed by atoms with Crippen LogP contribution in [0.15, 0.2) is 11.6 Å². The lowest BCUT2D eigenvalue weighted by Gasteiger charge is -1.63. The van der Waals surface area contributed by atoms with Crippen molar-refractivity contribution in [3.05, 3.63) is 11.6 Å². The molecular formula is C3H2Cl2O. The third-order valence-corrected chi connectivity index (χ3v) is 0.446. The first-order valence-electron chi connectivity index (χ1n) is 1.23. The molecule has 1 nitrogen and oxygen atoms in total. The Balaban J connectivity index is 3.30. The molecule has 3 heteroatoms. The highest BCUT2D eigenvalue weighted by Gasteiger charge is 1.78. The van der Waals surface area contributed by atoms with E-state index in [-0.39, 0.29) is 0 Å². The van der Waals surface area contributed by atoms with E-state index in [4.69, 9.17) is 23.2 Å². The van der Waals surface area contributed by atoms with Crippen LogP contribution in [0.1, 0.15) is 0 Å². The second-order valence-electron chi connectivity index (χ2n) is 0.597. The minimum absolute atomic E-state index is 0.551. The van der Waals surface area contributed by atoms with E-state index >= 15 is 0 Å². The monoisotopic (exact) mass is 124 g/mol. The fourth-order valence-corrected chi connectivity index (χ4v) is 0.291. The minimum Gasteiger partial charge on any atom is -0.276 e. The van der Waals surface area contributed by atoms with E-state index in [1.165, 1.54) is 0 Å². The van der Waals surface area contributed by atoms with E-state index in [2.05, 4.69) is 0 Å². The van der Waals surface area contributed by atoms with Crippen molar-refractivity contribution in [2.75, 3.05) is 0 Å². The number of halogens is 2. The third kappa shape index (κ3) is 3.99. The van der Waals surface area contributed by atoms with Gasteiger partial charge in [0.05, 0.1) is 0 Å². The smallest absolute Gasteiger partial charge is 0.246 e. The highest BCUT2D eigenvalue weighted by atomic mass is 35.5. The van der Waals surface area contributed by atoms with Crippen LogP contribution in [0.25, 0.3) is 0 Å². The minimum atomic E-state index is -0.551. The van der Waals surface area contributed by atoms with Crippen LogP contribution in [0, 0.1) is 0 Å². The Morgan fingerprint density at radius 2 is 2.17 bits per heavy atom. The number of hydrogen-bond acceptors (Lipinski definition) is 1. The molecule has 34 valence electrons. The summed E-state index contributed by atoms with van der Waals surface area (Å²) in [6.45, 7) is 0. The second-order valence-corrected chi connectivity index (χ2v) is 1.22. The molecule has 0 N–H and O–H groups in total. The molecule has 0 aromatic carbocycles. The first-order valence-corrected chi connectivity index (χ1v) is 2.05. The summed E-state index contributed by atoms with van der Waals surface area (Å²) >= 11 is 9.68. The Labute approximate surface area is 45.5 Å². The van der Waals surface area contributed by atoms with Crippen LogP contribution in [-0.4, -0.2) is 5.24 Å². The first kappa shape index (κ1) is 5.99. The number of rotatable bonds is 1. The molecule has 0 radical (unpaired) electrons. The van der Waals surface area contributed by atoms with Crippen molar-refractivity contribution in [2.45, 2.75) is 0 Å². The summed E-state index contributed by atoms with van der Waals surface area (Å²) in [4.78, 5) is 9.64. The van der Waals surface area contributed by atoms with E-state index in [0.29, 0.717) is 0 Å². The van der Waals surface area contributed by atoms with Gasteiger partial charge in [0.2, 0.25) is 5.24 Å². The summed E-state index contributed by atoms with van der Waals surface area (Å²) in [5.41, 5.74) is 1.06. The molecule has 0 unspecified atom stereocenters. The molecule has 0 amide bonds. The lowest BCUT2D eigenvalue weighted by molar-refractivity contribution is -0.107. The quantitative estimate of drug-likeness (QED) is 0.383. The first-order chi connectivity index (χ1) is 2.77. The zero-order valence-corrected chi connectivity index (χ0v) is 4.33. The van der Waals surface area contributed by atoms with Crippen LogP contribution < -0.4 is 0 Å². The number of hydrogen-bond donors (Lipinski definition) is 0. The van der Waals surface area contributed by atoms with E-state index in [9.17, 15) is 4.79 Å². The van der Waals surface area contributed by atoms with Gasteiger partial charge in [-0.2, -0.15) is 0 Å². The molecule has 0 aliphatic heterocycles. The summed E-state index contributed by atoms with van der Waals surface area (Å²) in [6, 6.07) is 0. The Kier molecular flexibility index (Phi) is 3.19. The van der Waals surface area contributed by atoms with Crippen LogP contribution in [-0.2, 0) is 4.79 Å². The molecule has 0 saturated heterocycles. The fourth-order valence-electron chi connectivity index (χ4n) is 0.0495. The molecule has 0 rings (SSSR count). The van der Waals surface area contributed by atoms with Gasteiger partial charge in [0.15, 0.2) is 0 Å². The van der Waals surface area contributed by atoms with Gasteiger partial charge in [0.25, 0.3) is 0 Å². The maximum Gasteiger partial charge on any atom is 0.246 e. The Bertz CT molecular complexity index is 76.9. The largest absolute Gasteiger partial charge is 0.276 e. The average molecular weight is 125 g/mol. The molecule has 0 aromatic rings. The molecule has 0 heterocycles. The van der Waals surface area contributed by atoms with Crippen LogP contribution in [0.2, 0.25) is 0 Å². The van der Waals surface area contributed by atoms with Crippen LogP contribution in [0.4, 0.5) is 0 Å². The lowest BCUT2D eigenvalue weighted by atomic mass is 10.7. The van der Waals surface area contributed by atoms with Gasteiger partial charge in [-0.05, 0) is 11.6 Å². The lowest BCUT2D eigenvalue weighted by Crippen LogP contribution is -1.69. The van der Waals surface area contributed by atoms with Crippen molar-refractivity contribution in [1.29, 1.82) is 0 Å². The zero-order chi connectivity index (χ0) is 4.99. The van der Waals surface area contributed by atoms with Gasteiger partial charge in [0.1, 0.15) is 0 Å². The summed E-state index contributed by atoms with van der Waals surface area (Å²) < 4.78 is 0. The Morgan fingerprint density at radius 1 is 1.67 bits per heavy atom. The van der Waals surface area contributed by atoms with Gasteiger partial charge in [-0.3, -0.25) is 4.79 Å². The van der Waals surface area contributed by atoms with Gasteiger partial charge < -0.3 is 0 Å². The van der Waals surface area contributed by atoms with Gasteiger partial charge in [-0.15, -0.1) is 0 Å². The second kappa shape index (κ2) is 3.19. The summed E-state index contributed by atoms with van der Waals surface area (Å²) in [5.74, 6) is 0. The molecule has 0 spiro atoms. The van der Waals surface area contributed by atoms with Crippen LogP contribution in [0.3, 0.4) is 0 Å². The molecule has 0 aliphatic rings. The molecule has 0 aromatic heterocycles. The molecule has 0 atom stereocenters. The number of carbonyl (C=O) groups excluding carboxylic acids is 1. The molecule has 6 heavy (non-hydrogen) atoms. The molecule has 0 fully saturated rings. The van der Waals surface area contributed by atoms with E-state index in [1.807, 2.05) is 0 Å². The zero-order valence-electron chi connectivity index (χ0n) is 2.82. The average Bonchev–Trinajstić information content (AvgIpc) is 1.35. The Morgan fingerprint density at radius 3 is 2.17 bits per heavy atom. The van der Waals surface area contributed by atoms with E-state index in [1.54, 1.807) is 0 Å². The standard InChI is InChI=1S/C3H2Cl2O/c4-2-1-3(5)6/h1-2H/b2-1+. The molecule has 0 aliphatic carbocycles. The van der Waals surface area contributed by atoms with Crippen LogP contribution >= 0.6 is 23.2 Å². The van der Waals surface area contributed by atoms with E-state index < -0.39 is 5.24 Å². The summed E-state index contributed by atoms with van der Waals surface area (Å²) in [6.07, 6.45) is 1.06. The maximum atomic E-state index is 9.64. The highest BCUT2D eigenvalue weighted by molar-refractivity contribution is 6.66. The topological polar surface area (TPSA) is 17.1 Å². The molecule has 0 bridgehead atoms.